The van der Waals surface area contributed by atoms with E-state index in [1.165, 1.54) is 4.90 Å². The molecule has 0 heterocycles. The number of carbonyl (C=O) groups excluding carboxylic acids is 1. The quantitative estimate of drug-likeness (QED) is 0.516. The van der Waals surface area contributed by atoms with Gasteiger partial charge in [-0.15, -0.1) is 6.58 Å². The molecule has 0 aromatic heterocycles. The van der Waals surface area contributed by atoms with Gasteiger partial charge in [0.25, 0.3) is 0 Å². The first-order valence-electron chi connectivity index (χ1n) is 6.29. The summed E-state index contributed by atoms with van der Waals surface area (Å²) >= 11 is 0. The molecule has 1 unspecified atom stereocenters. The first kappa shape index (κ1) is 16.5. The molecule has 0 aliphatic rings. The number of urea groups is 1. The first-order chi connectivity index (χ1) is 8.43. The highest BCUT2D eigenvalue weighted by atomic mass is 16.4. The van der Waals surface area contributed by atoms with E-state index in [4.69, 9.17) is 5.11 Å². The SMILES string of the molecule is C=CCCCN(C)C(=O)N[C@H](C(=O)O)C(C)CC. The number of carboxylic acids is 1. The maximum Gasteiger partial charge on any atom is 0.326 e. The second kappa shape index (κ2) is 8.55. The molecule has 0 spiro atoms. The van der Waals surface area contributed by atoms with E-state index < -0.39 is 12.0 Å². The Morgan fingerprint density at radius 3 is 2.56 bits per heavy atom. The van der Waals surface area contributed by atoms with Crippen LogP contribution in [-0.2, 0) is 4.79 Å². The molecule has 0 saturated heterocycles. The van der Waals surface area contributed by atoms with Crippen LogP contribution >= 0.6 is 0 Å². The number of nitrogens with zero attached hydrogens (tertiary/aromatic N) is 1. The molecule has 0 bridgehead atoms. The van der Waals surface area contributed by atoms with Crippen molar-refractivity contribution in [3.05, 3.63) is 12.7 Å². The first-order valence-corrected chi connectivity index (χ1v) is 6.29. The molecule has 0 saturated carbocycles. The number of rotatable bonds is 8. The summed E-state index contributed by atoms with van der Waals surface area (Å²) in [6.45, 7) is 7.92. The predicted molar refractivity (Wildman–Crippen MR) is 71.5 cm³/mol. The van der Waals surface area contributed by atoms with E-state index in [0.717, 1.165) is 12.8 Å². The minimum atomic E-state index is -0.989. The van der Waals surface area contributed by atoms with Gasteiger partial charge in [0.05, 0.1) is 0 Å². The van der Waals surface area contributed by atoms with Gasteiger partial charge < -0.3 is 15.3 Å². The molecule has 0 aromatic carbocycles. The molecule has 0 aliphatic carbocycles. The fourth-order valence-corrected chi connectivity index (χ4v) is 1.50. The summed E-state index contributed by atoms with van der Waals surface area (Å²) in [7, 11) is 1.66. The smallest absolute Gasteiger partial charge is 0.326 e. The highest BCUT2D eigenvalue weighted by Crippen LogP contribution is 2.08. The van der Waals surface area contributed by atoms with Gasteiger partial charge in [0, 0.05) is 13.6 Å². The highest BCUT2D eigenvalue weighted by Gasteiger charge is 2.26. The normalized spacial score (nSPS) is 13.5. The van der Waals surface area contributed by atoms with Crippen molar-refractivity contribution >= 4 is 12.0 Å². The van der Waals surface area contributed by atoms with Gasteiger partial charge in [-0.1, -0.05) is 26.3 Å². The third kappa shape index (κ3) is 5.70. The van der Waals surface area contributed by atoms with Crippen LogP contribution in [0.3, 0.4) is 0 Å². The highest BCUT2D eigenvalue weighted by molar-refractivity contribution is 5.82. The predicted octanol–water partition coefficient (Wildman–Crippen LogP) is 2.09. The molecule has 0 radical (unpaired) electrons. The lowest BCUT2D eigenvalue weighted by Crippen LogP contribution is -2.49. The van der Waals surface area contributed by atoms with Crippen molar-refractivity contribution in [2.75, 3.05) is 13.6 Å². The Balaban J connectivity index is 4.32. The molecule has 2 amide bonds. The molecular formula is C13H24N2O3. The average molecular weight is 256 g/mol. The number of amides is 2. The van der Waals surface area contributed by atoms with Crippen molar-refractivity contribution in [2.45, 2.75) is 39.2 Å². The van der Waals surface area contributed by atoms with Gasteiger partial charge in [-0.25, -0.2) is 9.59 Å². The second-order valence-corrected chi connectivity index (χ2v) is 4.50. The van der Waals surface area contributed by atoms with Crippen LogP contribution in [0.2, 0.25) is 0 Å². The van der Waals surface area contributed by atoms with Crippen LogP contribution in [0, 0.1) is 5.92 Å². The van der Waals surface area contributed by atoms with Crippen LogP contribution in [0.15, 0.2) is 12.7 Å². The second-order valence-electron chi connectivity index (χ2n) is 4.50. The van der Waals surface area contributed by atoms with Crippen molar-refractivity contribution in [2.24, 2.45) is 5.92 Å². The molecule has 0 fully saturated rings. The molecule has 104 valence electrons. The van der Waals surface area contributed by atoms with Crippen LogP contribution < -0.4 is 5.32 Å². The van der Waals surface area contributed by atoms with E-state index >= 15 is 0 Å². The molecule has 0 rings (SSSR count). The number of allylic oxidation sites excluding steroid dienone is 1. The van der Waals surface area contributed by atoms with E-state index in [-0.39, 0.29) is 11.9 Å². The Morgan fingerprint density at radius 1 is 1.50 bits per heavy atom. The lowest BCUT2D eigenvalue weighted by atomic mass is 9.99. The van der Waals surface area contributed by atoms with E-state index in [1.807, 2.05) is 13.8 Å². The zero-order valence-electron chi connectivity index (χ0n) is 11.5. The van der Waals surface area contributed by atoms with Crippen molar-refractivity contribution in [1.82, 2.24) is 10.2 Å². The maximum atomic E-state index is 11.8. The van der Waals surface area contributed by atoms with E-state index in [9.17, 15) is 9.59 Å². The topological polar surface area (TPSA) is 69.6 Å². The molecule has 5 heteroatoms. The monoisotopic (exact) mass is 256 g/mol. The number of nitrogens with one attached hydrogen (secondary N) is 1. The summed E-state index contributed by atoms with van der Waals surface area (Å²) in [5.41, 5.74) is 0. The summed E-state index contributed by atoms with van der Waals surface area (Å²) < 4.78 is 0. The molecule has 2 N–H and O–H groups in total. The largest absolute Gasteiger partial charge is 0.480 e. The van der Waals surface area contributed by atoms with Crippen molar-refractivity contribution in [3.8, 4) is 0 Å². The van der Waals surface area contributed by atoms with Crippen molar-refractivity contribution in [1.29, 1.82) is 0 Å². The number of carbonyl (C=O) groups is 2. The summed E-state index contributed by atoms with van der Waals surface area (Å²) in [5.74, 6) is -1.08. The minimum absolute atomic E-state index is 0.0898. The van der Waals surface area contributed by atoms with Crippen LogP contribution in [0.1, 0.15) is 33.1 Å². The van der Waals surface area contributed by atoms with Gasteiger partial charge in [0.2, 0.25) is 0 Å². The minimum Gasteiger partial charge on any atom is -0.480 e. The van der Waals surface area contributed by atoms with E-state index in [0.29, 0.717) is 13.0 Å². The summed E-state index contributed by atoms with van der Waals surface area (Å²) in [4.78, 5) is 24.4. The van der Waals surface area contributed by atoms with Gasteiger partial charge in [-0.2, -0.15) is 0 Å². The van der Waals surface area contributed by atoms with Crippen LogP contribution in [-0.4, -0.2) is 41.6 Å². The Bertz CT molecular complexity index is 292. The van der Waals surface area contributed by atoms with Gasteiger partial charge >= 0.3 is 12.0 Å². The molecule has 0 aromatic rings. The summed E-state index contributed by atoms with van der Waals surface area (Å²) in [5, 5.41) is 11.6. The molecular weight excluding hydrogens is 232 g/mol. The Morgan fingerprint density at radius 2 is 2.11 bits per heavy atom. The van der Waals surface area contributed by atoms with E-state index in [2.05, 4.69) is 11.9 Å². The zero-order valence-corrected chi connectivity index (χ0v) is 11.5. The van der Waals surface area contributed by atoms with Crippen molar-refractivity contribution in [3.63, 3.8) is 0 Å². The third-order valence-electron chi connectivity index (χ3n) is 3.01. The van der Waals surface area contributed by atoms with Crippen LogP contribution in [0.4, 0.5) is 4.79 Å². The number of aliphatic carboxylic acids is 1. The van der Waals surface area contributed by atoms with Crippen molar-refractivity contribution < 1.29 is 14.7 Å². The molecule has 18 heavy (non-hydrogen) atoms. The van der Waals surface area contributed by atoms with Crippen LogP contribution in [0.5, 0.6) is 0 Å². The fraction of sp³-hybridized carbons (Fsp3) is 0.692. The molecule has 2 atom stereocenters. The fourth-order valence-electron chi connectivity index (χ4n) is 1.50. The van der Waals surface area contributed by atoms with Gasteiger partial charge in [0.1, 0.15) is 6.04 Å². The number of hydrogen-bond donors (Lipinski definition) is 2. The van der Waals surface area contributed by atoms with Gasteiger partial charge in [0.15, 0.2) is 0 Å². The molecule has 0 aliphatic heterocycles. The summed E-state index contributed by atoms with van der Waals surface area (Å²) in [6, 6.07) is -1.17. The van der Waals surface area contributed by atoms with E-state index in [1.54, 1.807) is 13.1 Å². The number of hydrogen-bond acceptors (Lipinski definition) is 2. The Kier molecular flexibility index (Phi) is 7.83. The lowest BCUT2D eigenvalue weighted by Gasteiger charge is -2.24. The number of unbranched alkanes of at least 4 members (excludes halogenated alkanes) is 1. The Labute approximate surface area is 109 Å². The zero-order chi connectivity index (χ0) is 14.1. The standard InChI is InChI=1S/C13H24N2O3/c1-5-7-8-9-15(4)13(18)14-11(12(16)17)10(3)6-2/h5,10-11H,1,6-9H2,2-4H3,(H,14,18)(H,16,17)/t10?,11-/m0/s1. The van der Waals surface area contributed by atoms with Gasteiger partial charge in [-0.3, -0.25) is 0 Å². The van der Waals surface area contributed by atoms with Gasteiger partial charge in [-0.05, 0) is 18.8 Å². The third-order valence-corrected chi connectivity index (χ3v) is 3.01. The van der Waals surface area contributed by atoms with Crippen LogP contribution in [0.25, 0.3) is 0 Å². The Hall–Kier alpha value is -1.52. The maximum absolute atomic E-state index is 11.8. The average Bonchev–Trinajstić information content (AvgIpc) is 2.34. The number of carboxylic acid groups (broad SMARTS) is 1. The summed E-state index contributed by atoms with van der Waals surface area (Å²) in [6.07, 6.45) is 4.17. The lowest BCUT2D eigenvalue weighted by molar-refractivity contribution is -0.140. The molecule has 5 nitrogen and oxygen atoms in total.